The number of hydrogen-bond acceptors (Lipinski definition) is 5. The summed E-state index contributed by atoms with van der Waals surface area (Å²) in [5, 5.41) is 2.77. The molecule has 7 heteroatoms. The fraction of sp³-hybridized carbons (Fsp3) is 0.778. The minimum atomic E-state index is -1.12. The van der Waals surface area contributed by atoms with Crippen molar-refractivity contribution in [1.82, 2.24) is 0 Å². The van der Waals surface area contributed by atoms with Gasteiger partial charge in [0.1, 0.15) is 0 Å². The van der Waals surface area contributed by atoms with Gasteiger partial charge in [-0.1, -0.05) is 44.7 Å². The number of nitrogens with two attached hydrogens (primary N) is 1. The lowest BCUT2D eigenvalue weighted by Gasteiger charge is -2.27. The van der Waals surface area contributed by atoms with E-state index in [1.54, 1.807) is 13.8 Å². The Kier molecular flexibility index (Phi) is 9.18. The number of primary amides is 1. The number of nitrogens with zero attached hydrogens (tertiary/aromatic N) is 1. The van der Waals surface area contributed by atoms with Gasteiger partial charge in [-0.2, -0.15) is 5.53 Å². The molecule has 0 heterocycles. The van der Waals surface area contributed by atoms with Gasteiger partial charge in [-0.3, -0.25) is 0 Å². The Balaban J connectivity index is 5.52. The van der Waals surface area contributed by atoms with Gasteiger partial charge in [0.2, 0.25) is 0 Å². The maximum Gasteiger partial charge on any atom is 0.453 e. The maximum atomic E-state index is 11.4. The van der Waals surface area contributed by atoms with E-state index in [2.05, 4.69) is 30.8 Å². The van der Waals surface area contributed by atoms with Crippen LogP contribution in [0.3, 0.4) is 0 Å². The summed E-state index contributed by atoms with van der Waals surface area (Å²) in [4.78, 5) is 22.7. The lowest BCUT2D eigenvalue weighted by molar-refractivity contribution is 0.0545. The number of amides is 2. The third kappa shape index (κ3) is 10.4. The quantitative estimate of drug-likeness (QED) is 0.488. The summed E-state index contributed by atoms with van der Waals surface area (Å²) in [7, 11) is 0. The summed E-state index contributed by atoms with van der Waals surface area (Å²) in [5.41, 5.74) is 9.76. The first kappa shape index (κ1) is 22.9. The molecule has 0 aromatic rings. The molecular weight excluding hydrogens is 322 g/mol. The lowest BCUT2D eigenvalue weighted by atomic mass is 9.91. The van der Waals surface area contributed by atoms with Crippen molar-refractivity contribution < 1.29 is 19.1 Å². The van der Waals surface area contributed by atoms with E-state index in [9.17, 15) is 9.59 Å². The van der Waals surface area contributed by atoms with Crippen LogP contribution in [-0.4, -0.2) is 23.4 Å². The van der Waals surface area contributed by atoms with Crippen LogP contribution in [0, 0.1) is 29.2 Å². The van der Waals surface area contributed by atoms with Crippen LogP contribution in [0.15, 0.2) is 5.11 Å². The molecule has 2 atom stereocenters. The van der Waals surface area contributed by atoms with Crippen molar-refractivity contribution in [2.45, 2.75) is 78.4 Å². The Labute approximate surface area is 150 Å². The van der Waals surface area contributed by atoms with Crippen molar-refractivity contribution in [1.29, 1.82) is 5.53 Å². The summed E-state index contributed by atoms with van der Waals surface area (Å²) < 4.78 is 10.4. The van der Waals surface area contributed by atoms with Gasteiger partial charge >= 0.3 is 12.2 Å². The van der Waals surface area contributed by atoms with Crippen LogP contribution < -0.4 is 5.73 Å². The Morgan fingerprint density at radius 3 is 1.72 bits per heavy atom. The molecule has 2 amide bonds. The SMILES string of the molecule is CC(C)CCC(C)(C#CC(C)(CCC(C)C)OC(=O)N=N)OC(N)=O. The van der Waals surface area contributed by atoms with Gasteiger partial charge in [-0.05, 0) is 51.4 Å². The zero-order valence-corrected chi connectivity index (χ0v) is 16.1. The van der Waals surface area contributed by atoms with Crippen molar-refractivity contribution in [2.75, 3.05) is 0 Å². The summed E-state index contributed by atoms with van der Waals surface area (Å²) in [6, 6.07) is 0. The Morgan fingerprint density at radius 2 is 1.40 bits per heavy atom. The van der Waals surface area contributed by atoms with Gasteiger partial charge in [0, 0.05) is 0 Å². The highest BCUT2D eigenvalue weighted by molar-refractivity contribution is 5.68. The summed E-state index contributed by atoms with van der Waals surface area (Å²) in [5.74, 6) is 6.64. The van der Waals surface area contributed by atoms with Gasteiger partial charge in [0.05, 0.1) is 0 Å². The third-order valence-corrected chi connectivity index (χ3v) is 3.72. The zero-order chi connectivity index (χ0) is 19.7. The van der Waals surface area contributed by atoms with Gasteiger partial charge in [0.25, 0.3) is 0 Å². The van der Waals surface area contributed by atoms with E-state index < -0.39 is 23.4 Å². The molecule has 2 unspecified atom stereocenters. The van der Waals surface area contributed by atoms with Crippen LogP contribution in [0.1, 0.15) is 67.2 Å². The summed E-state index contributed by atoms with van der Waals surface area (Å²) >= 11 is 0. The van der Waals surface area contributed by atoms with E-state index in [0.29, 0.717) is 24.7 Å². The van der Waals surface area contributed by atoms with Crippen LogP contribution in [0.25, 0.3) is 0 Å². The molecule has 0 aliphatic rings. The van der Waals surface area contributed by atoms with E-state index >= 15 is 0 Å². The van der Waals surface area contributed by atoms with Crippen molar-refractivity contribution in [3.63, 3.8) is 0 Å². The first-order valence-corrected chi connectivity index (χ1v) is 8.54. The van der Waals surface area contributed by atoms with E-state index in [0.717, 1.165) is 12.8 Å². The second-order valence-corrected chi connectivity index (χ2v) is 7.48. The first-order valence-electron chi connectivity index (χ1n) is 8.54. The number of carbonyl (C=O) groups is 2. The maximum absolute atomic E-state index is 11.4. The van der Waals surface area contributed by atoms with Crippen molar-refractivity contribution >= 4 is 12.2 Å². The zero-order valence-electron chi connectivity index (χ0n) is 16.1. The molecular formula is C18H31N3O4. The fourth-order valence-electron chi connectivity index (χ4n) is 2.11. The van der Waals surface area contributed by atoms with E-state index in [1.165, 1.54) is 0 Å². The molecule has 0 fully saturated rings. The number of carbonyl (C=O) groups excluding carboxylic acids is 2. The average molecular weight is 353 g/mol. The second-order valence-electron chi connectivity index (χ2n) is 7.48. The summed E-state index contributed by atoms with van der Waals surface area (Å²) in [6.07, 6.45) is 0.662. The van der Waals surface area contributed by atoms with Crippen molar-refractivity contribution in [2.24, 2.45) is 22.7 Å². The molecule has 0 aliphatic carbocycles. The Morgan fingerprint density at radius 1 is 1.00 bits per heavy atom. The molecule has 0 bridgehead atoms. The molecule has 0 radical (unpaired) electrons. The normalized spacial score (nSPS) is 15.5. The topological polar surface area (TPSA) is 115 Å². The van der Waals surface area contributed by atoms with Crippen LogP contribution in [-0.2, 0) is 9.47 Å². The van der Waals surface area contributed by atoms with Crippen molar-refractivity contribution in [3.8, 4) is 11.8 Å². The number of hydrogen-bond donors (Lipinski definition) is 2. The largest absolute Gasteiger partial charge is 0.453 e. The number of nitrogens with one attached hydrogen (secondary N) is 1. The van der Waals surface area contributed by atoms with Gasteiger partial charge in [-0.25, -0.2) is 9.59 Å². The molecule has 0 spiro atoms. The number of ether oxygens (including phenoxy) is 2. The van der Waals surface area contributed by atoms with E-state index in [4.69, 9.17) is 20.7 Å². The molecule has 0 aliphatic heterocycles. The molecule has 0 rings (SSSR count). The number of rotatable bonds is 8. The van der Waals surface area contributed by atoms with Crippen LogP contribution >= 0.6 is 0 Å². The van der Waals surface area contributed by atoms with Crippen molar-refractivity contribution in [3.05, 3.63) is 0 Å². The summed E-state index contributed by atoms with van der Waals surface area (Å²) in [6.45, 7) is 11.6. The minimum absolute atomic E-state index is 0.391. The highest BCUT2D eigenvalue weighted by atomic mass is 16.6. The molecule has 0 aromatic heterocycles. The highest BCUT2D eigenvalue weighted by Crippen LogP contribution is 2.24. The molecule has 142 valence electrons. The Bertz CT molecular complexity index is 536. The first-order chi connectivity index (χ1) is 11.4. The van der Waals surface area contributed by atoms with E-state index in [-0.39, 0.29) is 0 Å². The molecule has 25 heavy (non-hydrogen) atoms. The lowest BCUT2D eigenvalue weighted by Crippen LogP contribution is -2.35. The second kappa shape index (κ2) is 10.0. The molecule has 7 nitrogen and oxygen atoms in total. The molecule has 0 aromatic carbocycles. The Hall–Kier alpha value is -2.10. The van der Waals surface area contributed by atoms with Crippen LogP contribution in [0.4, 0.5) is 9.59 Å². The molecule has 0 saturated carbocycles. The highest BCUT2D eigenvalue weighted by Gasteiger charge is 2.30. The van der Waals surface area contributed by atoms with Gasteiger partial charge < -0.3 is 15.2 Å². The minimum Gasteiger partial charge on any atom is -0.430 e. The molecule has 3 N–H and O–H groups in total. The predicted molar refractivity (Wildman–Crippen MR) is 95.0 cm³/mol. The van der Waals surface area contributed by atoms with Crippen LogP contribution in [0.2, 0.25) is 0 Å². The predicted octanol–water partition coefficient (Wildman–Crippen LogP) is 4.64. The fourth-order valence-corrected chi connectivity index (χ4v) is 2.11. The monoisotopic (exact) mass is 353 g/mol. The average Bonchev–Trinajstić information content (AvgIpc) is 2.49. The van der Waals surface area contributed by atoms with Gasteiger partial charge in [-0.15, -0.1) is 0 Å². The smallest absolute Gasteiger partial charge is 0.430 e. The third-order valence-electron chi connectivity index (χ3n) is 3.72. The van der Waals surface area contributed by atoms with Crippen LogP contribution in [0.5, 0.6) is 0 Å². The standard InChI is InChI=1S/C18H31N3O4/c1-13(2)7-9-17(5,24-15(19)22)11-12-18(6,10-8-14(3)4)25-16(23)21-20/h13-14,20H,7-10H2,1-6H3,(H2,19,22). The van der Waals surface area contributed by atoms with E-state index in [1.807, 2.05) is 13.8 Å². The molecule has 0 saturated heterocycles. The van der Waals surface area contributed by atoms with Gasteiger partial charge in [0.15, 0.2) is 11.2 Å².